The van der Waals surface area contributed by atoms with Gasteiger partial charge in [0.1, 0.15) is 0 Å². The zero-order chi connectivity index (χ0) is 9.42. The fourth-order valence-electron chi connectivity index (χ4n) is 1.38. The van der Waals surface area contributed by atoms with Crippen LogP contribution in [0.25, 0.3) is 0 Å². The number of ether oxygens (including phenoxy) is 1. The molecule has 1 aliphatic rings. The highest BCUT2D eigenvalue weighted by atomic mass is 35.5. The molecule has 1 amide bonds. The lowest BCUT2D eigenvalue weighted by atomic mass is 10.1. The van der Waals surface area contributed by atoms with E-state index in [1.165, 1.54) is 6.20 Å². The third-order valence-electron chi connectivity index (χ3n) is 1.93. The second kappa shape index (κ2) is 2.88. The highest BCUT2D eigenvalue weighted by molar-refractivity contribution is 6.33. The lowest BCUT2D eigenvalue weighted by molar-refractivity contribution is 0.0999. The van der Waals surface area contributed by atoms with Gasteiger partial charge < -0.3 is 10.5 Å². The Morgan fingerprint density at radius 3 is 3.15 bits per heavy atom. The molecule has 2 rings (SSSR count). The van der Waals surface area contributed by atoms with Gasteiger partial charge in [-0.1, -0.05) is 11.6 Å². The van der Waals surface area contributed by atoms with Crippen molar-refractivity contribution in [2.24, 2.45) is 5.73 Å². The third-order valence-corrected chi connectivity index (χ3v) is 2.22. The number of amides is 1. The molecule has 1 aromatic heterocycles. The molecule has 0 spiro atoms. The molecule has 0 fully saturated rings. The van der Waals surface area contributed by atoms with E-state index in [1.54, 1.807) is 0 Å². The van der Waals surface area contributed by atoms with Gasteiger partial charge in [0.25, 0.3) is 5.91 Å². The number of pyridine rings is 1. The van der Waals surface area contributed by atoms with Crippen LogP contribution in [0.4, 0.5) is 0 Å². The van der Waals surface area contributed by atoms with Gasteiger partial charge in [0.15, 0.2) is 0 Å². The Kier molecular flexibility index (Phi) is 1.84. The summed E-state index contributed by atoms with van der Waals surface area (Å²) in [5, 5.41) is 0.289. The molecule has 0 unspecified atom stereocenters. The smallest absolute Gasteiger partial charge is 0.250 e. The summed E-state index contributed by atoms with van der Waals surface area (Å²) in [5.41, 5.74) is 6.24. The number of rotatable bonds is 1. The normalized spacial score (nSPS) is 13.6. The molecule has 2 heterocycles. The first-order chi connectivity index (χ1) is 6.20. The molecule has 2 N–H and O–H groups in total. The van der Waals surface area contributed by atoms with Crippen LogP contribution in [0, 0.1) is 0 Å². The maximum absolute atomic E-state index is 11.0. The average Bonchev–Trinajstić information content (AvgIpc) is 2.50. The van der Waals surface area contributed by atoms with Crippen molar-refractivity contribution in [2.75, 3.05) is 6.61 Å². The van der Waals surface area contributed by atoms with Crippen molar-refractivity contribution in [3.05, 3.63) is 22.3 Å². The molecule has 0 saturated carbocycles. The Morgan fingerprint density at radius 2 is 2.46 bits per heavy atom. The molecule has 1 aliphatic heterocycles. The quantitative estimate of drug-likeness (QED) is 0.725. The van der Waals surface area contributed by atoms with E-state index >= 15 is 0 Å². The van der Waals surface area contributed by atoms with Crippen LogP contribution in [0.2, 0.25) is 5.02 Å². The molecular weight excluding hydrogens is 192 g/mol. The molecule has 1 aromatic rings. The summed E-state index contributed by atoms with van der Waals surface area (Å²) < 4.78 is 5.17. The maximum atomic E-state index is 11.0. The standard InChI is InChI=1S/C8H7ClN2O2/c9-5-3-11-8-4(1-2-13-8)6(5)7(10)12/h3H,1-2H2,(H2,10,12). The fourth-order valence-corrected chi connectivity index (χ4v) is 1.64. The predicted molar refractivity (Wildman–Crippen MR) is 47.0 cm³/mol. The van der Waals surface area contributed by atoms with Gasteiger partial charge in [0.05, 0.1) is 23.4 Å². The van der Waals surface area contributed by atoms with Crippen molar-refractivity contribution in [3.8, 4) is 5.88 Å². The van der Waals surface area contributed by atoms with Crippen molar-refractivity contribution >= 4 is 17.5 Å². The Labute approximate surface area is 79.7 Å². The zero-order valence-corrected chi connectivity index (χ0v) is 7.47. The molecule has 0 aliphatic carbocycles. The molecule has 68 valence electrons. The molecule has 0 saturated heterocycles. The monoisotopic (exact) mass is 198 g/mol. The summed E-state index contributed by atoms with van der Waals surface area (Å²) in [6.45, 7) is 0.531. The summed E-state index contributed by atoms with van der Waals surface area (Å²) in [4.78, 5) is 15.0. The molecule has 0 atom stereocenters. The molecule has 13 heavy (non-hydrogen) atoms. The third kappa shape index (κ3) is 1.23. The Balaban J connectivity index is 2.65. The molecule has 5 heteroatoms. The van der Waals surface area contributed by atoms with Crippen LogP contribution in [0.1, 0.15) is 15.9 Å². The minimum absolute atomic E-state index is 0.289. The number of nitrogens with zero attached hydrogens (tertiary/aromatic N) is 1. The summed E-state index contributed by atoms with van der Waals surface area (Å²) >= 11 is 5.78. The first kappa shape index (κ1) is 8.31. The summed E-state index contributed by atoms with van der Waals surface area (Å²) in [5.74, 6) is -0.0626. The second-order valence-electron chi connectivity index (χ2n) is 2.73. The van der Waals surface area contributed by atoms with Crippen LogP contribution in [-0.2, 0) is 6.42 Å². The van der Waals surface area contributed by atoms with Gasteiger partial charge in [-0.05, 0) is 0 Å². The fraction of sp³-hybridized carbons (Fsp3) is 0.250. The van der Waals surface area contributed by atoms with Crippen LogP contribution >= 0.6 is 11.6 Å². The van der Waals surface area contributed by atoms with Gasteiger partial charge in [-0.2, -0.15) is 0 Å². The van der Waals surface area contributed by atoms with Crippen LogP contribution in [-0.4, -0.2) is 17.5 Å². The SMILES string of the molecule is NC(=O)c1c(Cl)cnc2c1CCO2. The largest absolute Gasteiger partial charge is 0.477 e. The van der Waals surface area contributed by atoms with Crippen molar-refractivity contribution < 1.29 is 9.53 Å². The number of carbonyl (C=O) groups excluding carboxylic acids is 1. The molecule has 0 radical (unpaired) electrons. The Hall–Kier alpha value is -1.29. The van der Waals surface area contributed by atoms with E-state index in [1.807, 2.05) is 0 Å². The second-order valence-corrected chi connectivity index (χ2v) is 3.13. The zero-order valence-electron chi connectivity index (χ0n) is 6.71. The van der Waals surface area contributed by atoms with Crippen molar-refractivity contribution in [1.29, 1.82) is 0 Å². The van der Waals surface area contributed by atoms with E-state index in [2.05, 4.69) is 4.98 Å². The van der Waals surface area contributed by atoms with E-state index < -0.39 is 5.91 Å². The highest BCUT2D eigenvalue weighted by Gasteiger charge is 2.22. The number of fused-ring (bicyclic) bond motifs is 1. The van der Waals surface area contributed by atoms with Gasteiger partial charge >= 0.3 is 0 Å². The number of aromatic nitrogens is 1. The van der Waals surface area contributed by atoms with Crippen LogP contribution in [0.3, 0.4) is 0 Å². The minimum atomic E-state index is -0.533. The van der Waals surface area contributed by atoms with E-state index in [9.17, 15) is 4.79 Å². The lowest BCUT2D eigenvalue weighted by Crippen LogP contribution is -2.14. The Bertz CT molecular complexity index is 379. The predicted octanol–water partition coefficient (Wildman–Crippen LogP) is 0.769. The number of nitrogens with two attached hydrogens (primary N) is 1. The van der Waals surface area contributed by atoms with Gasteiger partial charge in [-0.3, -0.25) is 4.79 Å². The van der Waals surface area contributed by atoms with Crippen molar-refractivity contribution in [3.63, 3.8) is 0 Å². The number of primary amides is 1. The Morgan fingerprint density at radius 1 is 1.69 bits per heavy atom. The maximum Gasteiger partial charge on any atom is 0.250 e. The van der Waals surface area contributed by atoms with Gasteiger partial charge in [0.2, 0.25) is 5.88 Å². The number of hydrogen-bond acceptors (Lipinski definition) is 3. The van der Waals surface area contributed by atoms with E-state index in [0.717, 1.165) is 5.56 Å². The summed E-state index contributed by atoms with van der Waals surface area (Å²) in [6.07, 6.45) is 2.02. The first-order valence-electron chi connectivity index (χ1n) is 3.80. The average molecular weight is 199 g/mol. The molecule has 0 bridgehead atoms. The number of hydrogen-bond donors (Lipinski definition) is 1. The molecule has 0 aromatic carbocycles. The minimum Gasteiger partial charge on any atom is -0.477 e. The highest BCUT2D eigenvalue weighted by Crippen LogP contribution is 2.29. The van der Waals surface area contributed by atoms with E-state index in [-0.39, 0.29) is 5.02 Å². The van der Waals surface area contributed by atoms with Crippen LogP contribution in [0.15, 0.2) is 6.20 Å². The first-order valence-corrected chi connectivity index (χ1v) is 4.18. The number of halogens is 1. The lowest BCUT2D eigenvalue weighted by Gasteiger charge is -2.03. The molecule has 4 nitrogen and oxygen atoms in total. The molecular formula is C8H7ClN2O2. The van der Waals surface area contributed by atoms with Crippen molar-refractivity contribution in [1.82, 2.24) is 4.98 Å². The topological polar surface area (TPSA) is 65.2 Å². The van der Waals surface area contributed by atoms with Crippen molar-refractivity contribution in [2.45, 2.75) is 6.42 Å². The summed E-state index contributed by atoms with van der Waals surface area (Å²) in [7, 11) is 0. The van der Waals surface area contributed by atoms with Crippen LogP contribution in [0.5, 0.6) is 5.88 Å². The van der Waals surface area contributed by atoms with Gasteiger partial charge in [0, 0.05) is 12.0 Å². The van der Waals surface area contributed by atoms with Crippen LogP contribution < -0.4 is 10.5 Å². The number of carbonyl (C=O) groups is 1. The van der Waals surface area contributed by atoms with E-state index in [0.29, 0.717) is 24.5 Å². The van der Waals surface area contributed by atoms with E-state index in [4.69, 9.17) is 22.1 Å². The van der Waals surface area contributed by atoms with Gasteiger partial charge in [-0.15, -0.1) is 0 Å². The summed E-state index contributed by atoms with van der Waals surface area (Å²) in [6, 6.07) is 0. The van der Waals surface area contributed by atoms with Gasteiger partial charge in [-0.25, -0.2) is 4.98 Å².